The van der Waals surface area contributed by atoms with E-state index in [2.05, 4.69) is 18.7 Å². The van der Waals surface area contributed by atoms with E-state index in [1.54, 1.807) is 7.11 Å². The van der Waals surface area contributed by atoms with Crippen LogP contribution in [0, 0.1) is 0 Å². The fourth-order valence-corrected chi connectivity index (χ4v) is 2.39. The SMILES string of the molecule is COc1cccc2c1C(C(=O)O)CN2C(C)C. The molecule has 1 aliphatic rings. The molecule has 0 aromatic heterocycles. The highest BCUT2D eigenvalue weighted by Crippen LogP contribution is 2.43. The molecular weight excluding hydrogens is 218 g/mol. The number of ether oxygens (including phenoxy) is 1. The summed E-state index contributed by atoms with van der Waals surface area (Å²) >= 11 is 0. The maximum atomic E-state index is 11.3. The molecule has 0 saturated carbocycles. The van der Waals surface area contributed by atoms with Crippen molar-refractivity contribution in [1.29, 1.82) is 0 Å². The quantitative estimate of drug-likeness (QED) is 0.871. The lowest BCUT2D eigenvalue weighted by atomic mass is 10.0. The first-order valence-corrected chi connectivity index (χ1v) is 5.72. The number of fused-ring (bicyclic) bond motifs is 1. The molecule has 0 radical (unpaired) electrons. The summed E-state index contributed by atoms with van der Waals surface area (Å²) in [5.74, 6) is -0.625. The van der Waals surface area contributed by atoms with Crippen molar-refractivity contribution in [2.24, 2.45) is 0 Å². The Morgan fingerprint density at radius 3 is 2.76 bits per heavy atom. The lowest BCUT2D eigenvalue weighted by Gasteiger charge is -2.24. The van der Waals surface area contributed by atoms with Crippen LogP contribution < -0.4 is 9.64 Å². The Hall–Kier alpha value is -1.71. The molecule has 4 nitrogen and oxygen atoms in total. The number of carboxylic acid groups (broad SMARTS) is 1. The van der Waals surface area contributed by atoms with Crippen molar-refractivity contribution >= 4 is 11.7 Å². The van der Waals surface area contributed by atoms with Gasteiger partial charge in [-0.2, -0.15) is 0 Å². The van der Waals surface area contributed by atoms with Crippen LogP contribution >= 0.6 is 0 Å². The van der Waals surface area contributed by atoms with Crippen LogP contribution in [-0.2, 0) is 4.79 Å². The molecule has 0 aliphatic carbocycles. The molecule has 1 unspecified atom stereocenters. The van der Waals surface area contributed by atoms with Crippen LogP contribution in [0.1, 0.15) is 25.3 Å². The molecule has 0 spiro atoms. The van der Waals surface area contributed by atoms with Crippen LogP contribution in [-0.4, -0.2) is 30.8 Å². The number of carboxylic acids is 1. The average molecular weight is 235 g/mol. The zero-order chi connectivity index (χ0) is 12.6. The first-order valence-electron chi connectivity index (χ1n) is 5.72. The largest absolute Gasteiger partial charge is 0.496 e. The molecule has 1 N–H and O–H groups in total. The average Bonchev–Trinajstić information content (AvgIpc) is 2.68. The highest BCUT2D eigenvalue weighted by molar-refractivity contribution is 5.85. The Kier molecular flexibility index (Phi) is 2.96. The molecule has 1 aliphatic heterocycles. The Morgan fingerprint density at radius 1 is 1.53 bits per heavy atom. The maximum absolute atomic E-state index is 11.3. The highest BCUT2D eigenvalue weighted by atomic mass is 16.5. The smallest absolute Gasteiger partial charge is 0.313 e. The summed E-state index contributed by atoms with van der Waals surface area (Å²) in [5.41, 5.74) is 1.78. The maximum Gasteiger partial charge on any atom is 0.313 e. The van der Waals surface area contributed by atoms with Gasteiger partial charge in [-0.1, -0.05) is 6.07 Å². The summed E-state index contributed by atoms with van der Waals surface area (Å²) < 4.78 is 5.28. The minimum Gasteiger partial charge on any atom is -0.496 e. The van der Waals surface area contributed by atoms with Crippen LogP contribution in [0.2, 0.25) is 0 Å². The topological polar surface area (TPSA) is 49.8 Å². The molecule has 1 heterocycles. The van der Waals surface area contributed by atoms with Gasteiger partial charge in [0.25, 0.3) is 0 Å². The normalized spacial score (nSPS) is 18.4. The molecule has 92 valence electrons. The number of benzene rings is 1. The van der Waals surface area contributed by atoms with E-state index in [-0.39, 0.29) is 6.04 Å². The molecule has 4 heteroatoms. The number of carbonyl (C=O) groups is 1. The van der Waals surface area contributed by atoms with Crippen LogP contribution in [0.15, 0.2) is 18.2 Å². The second-order valence-electron chi connectivity index (χ2n) is 4.53. The van der Waals surface area contributed by atoms with E-state index in [0.717, 1.165) is 11.3 Å². The van der Waals surface area contributed by atoms with Crippen molar-refractivity contribution in [3.63, 3.8) is 0 Å². The Labute approximate surface area is 101 Å². The lowest BCUT2D eigenvalue weighted by molar-refractivity contribution is -0.138. The number of nitrogens with zero attached hydrogens (tertiary/aromatic N) is 1. The van der Waals surface area contributed by atoms with E-state index in [1.807, 2.05) is 18.2 Å². The van der Waals surface area contributed by atoms with Crippen molar-refractivity contribution < 1.29 is 14.6 Å². The molecule has 1 aromatic rings. The Morgan fingerprint density at radius 2 is 2.24 bits per heavy atom. The van der Waals surface area contributed by atoms with E-state index >= 15 is 0 Å². The van der Waals surface area contributed by atoms with E-state index in [9.17, 15) is 9.90 Å². The third-order valence-corrected chi connectivity index (χ3v) is 3.22. The molecule has 0 amide bonds. The zero-order valence-corrected chi connectivity index (χ0v) is 10.3. The van der Waals surface area contributed by atoms with E-state index < -0.39 is 11.9 Å². The van der Waals surface area contributed by atoms with Gasteiger partial charge in [-0.25, -0.2) is 0 Å². The lowest BCUT2D eigenvalue weighted by Crippen LogP contribution is -2.30. The molecule has 1 atom stereocenters. The van der Waals surface area contributed by atoms with Crippen LogP contribution in [0.3, 0.4) is 0 Å². The van der Waals surface area contributed by atoms with Crippen LogP contribution in [0.4, 0.5) is 5.69 Å². The van der Waals surface area contributed by atoms with Gasteiger partial charge >= 0.3 is 5.97 Å². The summed E-state index contributed by atoms with van der Waals surface area (Å²) in [6.07, 6.45) is 0. The molecule has 0 fully saturated rings. The summed E-state index contributed by atoms with van der Waals surface area (Å²) in [5, 5.41) is 9.30. The van der Waals surface area contributed by atoms with Gasteiger partial charge in [-0.15, -0.1) is 0 Å². The fourth-order valence-electron chi connectivity index (χ4n) is 2.39. The molecule has 1 aromatic carbocycles. The van der Waals surface area contributed by atoms with Gasteiger partial charge in [0.2, 0.25) is 0 Å². The first kappa shape index (κ1) is 11.8. The van der Waals surface area contributed by atoms with E-state index in [4.69, 9.17) is 4.74 Å². The van der Waals surface area contributed by atoms with Crippen molar-refractivity contribution in [2.75, 3.05) is 18.6 Å². The minimum atomic E-state index is -0.793. The number of methoxy groups -OCH3 is 1. The third-order valence-electron chi connectivity index (χ3n) is 3.22. The van der Waals surface area contributed by atoms with Gasteiger partial charge in [0.1, 0.15) is 11.7 Å². The summed E-state index contributed by atoms with van der Waals surface area (Å²) in [4.78, 5) is 13.4. The van der Waals surface area contributed by atoms with Gasteiger partial charge in [0, 0.05) is 23.8 Å². The van der Waals surface area contributed by atoms with Crippen molar-refractivity contribution in [3.8, 4) is 5.75 Å². The van der Waals surface area contributed by atoms with Crippen LogP contribution in [0.5, 0.6) is 5.75 Å². The summed E-state index contributed by atoms with van der Waals surface area (Å²) in [6.45, 7) is 4.64. The van der Waals surface area contributed by atoms with Gasteiger partial charge in [0.15, 0.2) is 0 Å². The second kappa shape index (κ2) is 4.28. The molecule has 2 rings (SSSR count). The number of anilines is 1. The molecule has 0 bridgehead atoms. The summed E-state index contributed by atoms with van der Waals surface area (Å²) in [6, 6.07) is 5.96. The summed E-state index contributed by atoms with van der Waals surface area (Å²) in [7, 11) is 1.58. The van der Waals surface area contributed by atoms with E-state index in [1.165, 1.54) is 0 Å². The number of hydrogen-bond acceptors (Lipinski definition) is 3. The standard InChI is InChI=1S/C13H17NO3/c1-8(2)14-7-9(13(15)16)12-10(14)5-4-6-11(12)17-3/h4-6,8-9H,7H2,1-3H3,(H,15,16). The first-order chi connectivity index (χ1) is 8.06. The third kappa shape index (κ3) is 1.84. The van der Waals surface area contributed by atoms with Gasteiger partial charge in [0.05, 0.1) is 7.11 Å². The predicted octanol–water partition coefficient (Wildman–Crippen LogP) is 2.09. The van der Waals surface area contributed by atoms with E-state index in [0.29, 0.717) is 12.3 Å². The highest BCUT2D eigenvalue weighted by Gasteiger charge is 2.37. The molecule has 0 saturated heterocycles. The molecular formula is C13H17NO3. The van der Waals surface area contributed by atoms with Crippen molar-refractivity contribution in [2.45, 2.75) is 25.8 Å². The van der Waals surface area contributed by atoms with Gasteiger partial charge in [-0.3, -0.25) is 4.79 Å². The number of rotatable bonds is 3. The zero-order valence-electron chi connectivity index (χ0n) is 10.3. The van der Waals surface area contributed by atoms with Gasteiger partial charge < -0.3 is 14.7 Å². The number of aliphatic carboxylic acids is 1. The second-order valence-corrected chi connectivity index (χ2v) is 4.53. The van der Waals surface area contributed by atoms with Crippen molar-refractivity contribution in [3.05, 3.63) is 23.8 Å². The van der Waals surface area contributed by atoms with Crippen molar-refractivity contribution in [1.82, 2.24) is 0 Å². The minimum absolute atomic E-state index is 0.283. The fraction of sp³-hybridized carbons (Fsp3) is 0.462. The Balaban J connectivity index is 2.54. The van der Waals surface area contributed by atoms with Crippen LogP contribution in [0.25, 0.3) is 0 Å². The monoisotopic (exact) mass is 235 g/mol. The predicted molar refractivity (Wildman–Crippen MR) is 65.9 cm³/mol. The molecule has 17 heavy (non-hydrogen) atoms. The number of hydrogen-bond donors (Lipinski definition) is 1. The Bertz CT molecular complexity index is 442. The van der Waals surface area contributed by atoms with Gasteiger partial charge in [-0.05, 0) is 26.0 Å².